The predicted octanol–water partition coefficient (Wildman–Crippen LogP) is 3.24. The predicted molar refractivity (Wildman–Crippen MR) is 99.3 cm³/mol. The van der Waals surface area contributed by atoms with Gasteiger partial charge in [0.2, 0.25) is 5.91 Å². The van der Waals surface area contributed by atoms with Crippen LogP contribution in [0.25, 0.3) is 0 Å². The van der Waals surface area contributed by atoms with E-state index in [1.807, 2.05) is 24.3 Å². The minimum absolute atomic E-state index is 0.0351. The van der Waals surface area contributed by atoms with Gasteiger partial charge in [0.05, 0.1) is 16.5 Å². The number of carbonyl (C=O) groups is 3. The molecule has 4 rings (SSSR count). The molecule has 1 N–H and O–H groups in total. The summed E-state index contributed by atoms with van der Waals surface area (Å²) in [6.07, 6.45) is 1.55. The maximum Gasteiger partial charge on any atom is 0.298 e. The van der Waals surface area contributed by atoms with E-state index in [-0.39, 0.29) is 16.6 Å². The number of phenolic OH excluding ortho intramolecular Hbond substituents is 1. The summed E-state index contributed by atoms with van der Waals surface area (Å²) in [5, 5.41) is 9.13. The molecule has 2 heterocycles. The monoisotopic (exact) mass is 366 g/mol. The van der Waals surface area contributed by atoms with E-state index >= 15 is 0 Å². The van der Waals surface area contributed by atoms with Gasteiger partial charge in [-0.15, -0.1) is 0 Å². The number of rotatable bonds is 2. The molecule has 3 amide bonds. The van der Waals surface area contributed by atoms with Crippen molar-refractivity contribution >= 4 is 40.2 Å². The van der Waals surface area contributed by atoms with Crippen molar-refractivity contribution in [1.29, 1.82) is 0 Å². The molecule has 26 heavy (non-hydrogen) atoms. The number of carbonyl (C=O) groups excluding carboxylic acids is 3. The van der Waals surface area contributed by atoms with E-state index in [1.54, 1.807) is 30.2 Å². The van der Waals surface area contributed by atoms with Crippen molar-refractivity contribution in [2.75, 3.05) is 16.8 Å². The van der Waals surface area contributed by atoms with Gasteiger partial charge in [-0.1, -0.05) is 24.3 Å². The smallest absolute Gasteiger partial charge is 0.298 e. The van der Waals surface area contributed by atoms with Crippen LogP contribution >= 0.6 is 11.8 Å². The number of benzene rings is 2. The first-order chi connectivity index (χ1) is 12.5. The summed E-state index contributed by atoms with van der Waals surface area (Å²) in [5.74, 6) is -1.27. The van der Waals surface area contributed by atoms with Gasteiger partial charge >= 0.3 is 0 Å². The third-order valence-electron chi connectivity index (χ3n) is 4.43. The van der Waals surface area contributed by atoms with Crippen LogP contribution in [0.1, 0.15) is 11.5 Å². The highest BCUT2D eigenvalue weighted by atomic mass is 32.2. The van der Waals surface area contributed by atoms with Crippen LogP contribution < -0.4 is 9.80 Å². The third-order valence-corrected chi connectivity index (χ3v) is 5.32. The lowest BCUT2D eigenvalue weighted by atomic mass is 10.00. The van der Waals surface area contributed by atoms with Crippen LogP contribution in [0.2, 0.25) is 0 Å². The Morgan fingerprint density at radius 1 is 1.08 bits per heavy atom. The lowest BCUT2D eigenvalue weighted by Gasteiger charge is -2.12. The van der Waals surface area contributed by atoms with Crippen molar-refractivity contribution in [2.24, 2.45) is 0 Å². The van der Waals surface area contributed by atoms with E-state index in [1.165, 1.54) is 12.1 Å². The second-order valence-corrected chi connectivity index (χ2v) is 6.99. The number of aromatic hydroxyl groups is 1. The van der Waals surface area contributed by atoms with Gasteiger partial charge in [-0.25, -0.2) is 4.90 Å². The first-order valence-electron chi connectivity index (χ1n) is 7.91. The van der Waals surface area contributed by atoms with Crippen molar-refractivity contribution in [3.8, 4) is 5.75 Å². The summed E-state index contributed by atoms with van der Waals surface area (Å²) >= 11 is 0.793. The minimum Gasteiger partial charge on any atom is -0.508 e. The minimum atomic E-state index is -0.598. The summed E-state index contributed by atoms with van der Waals surface area (Å²) in [6.45, 7) is 0. The molecule has 0 aromatic heterocycles. The number of anilines is 2. The molecule has 2 aliphatic heterocycles. The number of imide groups is 1. The van der Waals surface area contributed by atoms with Crippen molar-refractivity contribution in [2.45, 2.75) is 5.92 Å². The van der Waals surface area contributed by atoms with Gasteiger partial charge in [-0.2, -0.15) is 0 Å². The molecule has 2 aliphatic rings. The molecule has 2 aromatic rings. The van der Waals surface area contributed by atoms with Gasteiger partial charge in [0.15, 0.2) is 0 Å². The van der Waals surface area contributed by atoms with E-state index in [9.17, 15) is 19.5 Å². The van der Waals surface area contributed by atoms with Gasteiger partial charge in [0.1, 0.15) is 5.75 Å². The van der Waals surface area contributed by atoms with E-state index in [0.29, 0.717) is 5.69 Å². The number of amides is 3. The average Bonchev–Trinajstić information content (AvgIpc) is 3.04. The molecule has 6 nitrogen and oxygen atoms in total. The van der Waals surface area contributed by atoms with Crippen molar-refractivity contribution in [1.82, 2.24) is 0 Å². The Morgan fingerprint density at radius 3 is 2.62 bits per heavy atom. The van der Waals surface area contributed by atoms with Gasteiger partial charge in [-0.3, -0.25) is 14.4 Å². The summed E-state index contributed by atoms with van der Waals surface area (Å²) in [7, 11) is 1.69. The van der Waals surface area contributed by atoms with Gasteiger partial charge in [0.25, 0.3) is 11.1 Å². The second kappa shape index (κ2) is 6.03. The van der Waals surface area contributed by atoms with Gasteiger partial charge < -0.3 is 10.0 Å². The fraction of sp³-hybridized carbons (Fsp3) is 0.105. The molecular formula is C19H14N2O4S. The molecule has 2 aromatic carbocycles. The van der Waals surface area contributed by atoms with Crippen LogP contribution in [0.4, 0.5) is 16.2 Å². The zero-order valence-electron chi connectivity index (χ0n) is 13.7. The highest BCUT2D eigenvalue weighted by Crippen LogP contribution is 2.41. The number of hydrogen-bond donors (Lipinski definition) is 1. The fourth-order valence-corrected chi connectivity index (χ4v) is 4.02. The van der Waals surface area contributed by atoms with Gasteiger partial charge in [-0.05, 0) is 41.6 Å². The Labute approximate surface area is 153 Å². The zero-order valence-corrected chi connectivity index (χ0v) is 14.6. The largest absolute Gasteiger partial charge is 0.508 e. The standard InChI is InChI=1S/C19H14N2O4S/c1-20-15-8-3-2-7-13(15)14(17(20)23)10-16-18(24)21(19(25)26-16)11-5-4-6-12(22)9-11/h2-10,14,22H,1H3/b16-10-/t14-/m0/s1. The normalized spacial score (nSPS) is 21.0. The van der Waals surface area contributed by atoms with E-state index in [0.717, 1.165) is 27.9 Å². The topological polar surface area (TPSA) is 77.9 Å². The van der Waals surface area contributed by atoms with E-state index < -0.39 is 17.1 Å². The molecule has 0 saturated carbocycles. The van der Waals surface area contributed by atoms with Crippen LogP contribution in [-0.2, 0) is 9.59 Å². The van der Waals surface area contributed by atoms with Crippen LogP contribution in [0.15, 0.2) is 59.5 Å². The Morgan fingerprint density at radius 2 is 1.85 bits per heavy atom. The third kappa shape index (κ3) is 2.48. The molecule has 7 heteroatoms. The highest BCUT2D eigenvalue weighted by Gasteiger charge is 2.40. The molecular weight excluding hydrogens is 352 g/mol. The number of para-hydroxylation sites is 1. The lowest BCUT2D eigenvalue weighted by molar-refractivity contribution is -0.118. The van der Waals surface area contributed by atoms with E-state index in [2.05, 4.69) is 0 Å². The second-order valence-electron chi connectivity index (χ2n) is 5.99. The quantitative estimate of drug-likeness (QED) is 0.826. The van der Waals surface area contributed by atoms with Crippen molar-refractivity contribution in [3.05, 3.63) is 65.1 Å². The maximum atomic E-state index is 12.7. The number of likely N-dealkylation sites (N-methyl/N-ethyl adjacent to an activating group) is 1. The van der Waals surface area contributed by atoms with Crippen LogP contribution in [0.5, 0.6) is 5.75 Å². The van der Waals surface area contributed by atoms with Gasteiger partial charge in [0, 0.05) is 18.8 Å². The Balaban J connectivity index is 1.70. The fourth-order valence-electron chi connectivity index (χ4n) is 3.17. The van der Waals surface area contributed by atoms with Crippen LogP contribution in [0.3, 0.4) is 0 Å². The lowest BCUT2D eigenvalue weighted by Crippen LogP contribution is -2.28. The Hall–Kier alpha value is -3.06. The molecule has 130 valence electrons. The van der Waals surface area contributed by atoms with Crippen LogP contribution in [-0.4, -0.2) is 29.2 Å². The molecule has 0 spiro atoms. The molecule has 1 atom stereocenters. The first kappa shape index (κ1) is 16.4. The highest BCUT2D eigenvalue weighted by molar-refractivity contribution is 8.18. The van der Waals surface area contributed by atoms with Crippen molar-refractivity contribution < 1.29 is 19.5 Å². The SMILES string of the molecule is CN1C(=O)[C@@H](/C=C2\SC(=O)N(c3cccc(O)c3)C2=O)c2ccccc21. The summed E-state index contributed by atoms with van der Waals surface area (Å²) < 4.78 is 0. The first-order valence-corrected chi connectivity index (χ1v) is 8.72. The molecule has 1 saturated heterocycles. The summed E-state index contributed by atoms with van der Waals surface area (Å²) in [4.78, 5) is 40.4. The number of fused-ring (bicyclic) bond motifs is 1. The molecule has 0 aliphatic carbocycles. The number of phenols is 1. The summed E-state index contributed by atoms with van der Waals surface area (Å²) in [6, 6.07) is 13.3. The average molecular weight is 366 g/mol. The molecule has 1 fully saturated rings. The number of thioether (sulfide) groups is 1. The van der Waals surface area contributed by atoms with E-state index in [4.69, 9.17) is 0 Å². The number of nitrogens with zero attached hydrogens (tertiary/aromatic N) is 2. The van der Waals surface area contributed by atoms with Crippen molar-refractivity contribution in [3.63, 3.8) is 0 Å². The number of hydrogen-bond acceptors (Lipinski definition) is 5. The maximum absolute atomic E-state index is 12.7. The summed E-state index contributed by atoms with van der Waals surface area (Å²) in [5.41, 5.74) is 1.90. The molecule has 0 radical (unpaired) electrons. The molecule has 0 bridgehead atoms. The zero-order chi connectivity index (χ0) is 18.4. The Bertz CT molecular complexity index is 985. The Kier molecular flexibility index (Phi) is 3.81. The molecule has 0 unspecified atom stereocenters. The van der Waals surface area contributed by atoms with Crippen LogP contribution in [0, 0.1) is 0 Å².